The van der Waals surface area contributed by atoms with Gasteiger partial charge in [0.25, 0.3) is 0 Å². The zero-order valence-electron chi connectivity index (χ0n) is 11.4. The summed E-state index contributed by atoms with van der Waals surface area (Å²) in [5, 5.41) is 4.27. The number of amides is 1. The number of ether oxygens (including phenoxy) is 1. The molecule has 0 spiro atoms. The molecule has 0 aliphatic heterocycles. The van der Waals surface area contributed by atoms with E-state index in [2.05, 4.69) is 21.2 Å². The minimum atomic E-state index is -0.510. The highest BCUT2D eigenvalue weighted by molar-refractivity contribution is 9.09. The van der Waals surface area contributed by atoms with E-state index in [0.717, 1.165) is 23.7 Å². The summed E-state index contributed by atoms with van der Waals surface area (Å²) < 4.78 is 5.18. The molecule has 0 fully saturated rings. The predicted molar refractivity (Wildman–Crippen MR) is 83.4 cm³/mol. The van der Waals surface area contributed by atoms with E-state index < -0.39 is 11.7 Å². The number of aryl methyl sites for hydroxylation is 1. The number of alkyl halides is 1. The highest BCUT2D eigenvalue weighted by Crippen LogP contribution is 2.23. The Morgan fingerprint density at radius 2 is 2.11 bits per heavy atom. The van der Waals surface area contributed by atoms with Gasteiger partial charge in [-0.15, -0.1) is 0 Å². The van der Waals surface area contributed by atoms with Crippen molar-refractivity contribution >= 4 is 39.3 Å². The summed E-state index contributed by atoms with van der Waals surface area (Å²) >= 11 is 9.56. The number of benzene rings is 1. The maximum atomic E-state index is 11.6. The Kier molecular flexibility index (Phi) is 6.14. The van der Waals surface area contributed by atoms with Crippen molar-refractivity contribution in [2.75, 3.05) is 10.6 Å². The molecule has 1 amide bonds. The minimum Gasteiger partial charge on any atom is -0.444 e. The molecule has 1 N–H and O–H groups in total. The predicted octanol–water partition coefficient (Wildman–Crippen LogP) is 5.01. The van der Waals surface area contributed by atoms with Crippen molar-refractivity contribution in [1.29, 1.82) is 0 Å². The van der Waals surface area contributed by atoms with Gasteiger partial charge in [0.2, 0.25) is 0 Å². The van der Waals surface area contributed by atoms with E-state index >= 15 is 0 Å². The average Bonchev–Trinajstić information content (AvgIpc) is 2.25. The minimum absolute atomic E-state index is 0.475. The van der Waals surface area contributed by atoms with E-state index in [1.807, 2.05) is 32.9 Å². The van der Waals surface area contributed by atoms with Crippen LogP contribution in [0.15, 0.2) is 18.2 Å². The summed E-state index contributed by atoms with van der Waals surface area (Å²) in [6.07, 6.45) is 1.46. The van der Waals surface area contributed by atoms with Crippen LogP contribution in [0, 0.1) is 0 Å². The molecule has 0 aliphatic rings. The monoisotopic (exact) mass is 347 g/mol. The quantitative estimate of drug-likeness (QED) is 0.776. The summed E-state index contributed by atoms with van der Waals surface area (Å²) in [4.78, 5) is 11.6. The smallest absolute Gasteiger partial charge is 0.412 e. The fourth-order valence-electron chi connectivity index (χ4n) is 1.51. The number of nitrogens with one attached hydrogen (secondary N) is 1. The molecule has 19 heavy (non-hydrogen) atoms. The maximum absolute atomic E-state index is 11.6. The number of hydrogen-bond acceptors (Lipinski definition) is 2. The van der Waals surface area contributed by atoms with Gasteiger partial charge in [0, 0.05) is 16.0 Å². The fraction of sp³-hybridized carbons (Fsp3) is 0.500. The summed E-state index contributed by atoms with van der Waals surface area (Å²) in [5.74, 6) is 0. The second kappa shape index (κ2) is 7.15. The lowest BCUT2D eigenvalue weighted by atomic mass is 10.1. The number of rotatable bonds is 4. The lowest BCUT2D eigenvalue weighted by molar-refractivity contribution is 0.0636. The maximum Gasteiger partial charge on any atom is 0.412 e. The zero-order chi connectivity index (χ0) is 14.5. The van der Waals surface area contributed by atoms with E-state index in [4.69, 9.17) is 16.3 Å². The molecule has 0 heterocycles. The molecule has 0 unspecified atom stereocenters. The topological polar surface area (TPSA) is 38.3 Å². The summed E-state index contributed by atoms with van der Waals surface area (Å²) in [6.45, 7) is 5.47. The highest BCUT2D eigenvalue weighted by Gasteiger charge is 2.16. The molecule has 0 aliphatic carbocycles. The van der Waals surface area contributed by atoms with Crippen molar-refractivity contribution in [3.05, 3.63) is 28.8 Å². The first-order chi connectivity index (χ1) is 8.81. The van der Waals surface area contributed by atoms with Crippen LogP contribution in [0.4, 0.5) is 10.5 Å². The van der Waals surface area contributed by atoms with Crippen molar-refractivity contribution in [3.8, 4) is 0 Å². The molecule has 1 rings (SSSR count). The number of anilines is 1. The van der Waals surface area contributed by atoms with Gasteiger partial charge in [-0.25, -0.2) is 4.79 Å². The molecule has 106 valence electrons. The van der Waals surface area contributed by atoms with Crippen LogP contribution in [-0.2, 0) is 11.2 Å². The summed E-state index contributed by atoms with van der Waals surface area (Å²) in [7, 11) is 0. The van der Waals surface area contributed by atoms with Crippen molar-refractivity contribution in [2.24, 2.45) is 0 Å². The second-order valence-electron chi connectivity index (χ2n) is 5.23. The number of carbonyl (C=O) groups excluding carboxylic acids is 1. The third-order valence-electron chi connectivity index (χ3n) is 2.28. The Balaban J connectivity index is 2.65. The Morgan fingerprint density at radius 3 is 2.63 bits per heavy atom. The summed E-state index contributed by atoms with van der Waals surface area (Å²) in [6, 6.07) is 5.51. The second-order valence-corrected chi connectivity index (χ2v) is 6.43. The van der Waals surface area contributed by atoms with Crippen LogP contribution in [0.5, 0.6) is 0 Å². The Labute approximate surface area is 127 Å². The number of hydrogen-bond donors (Lipinski definition) is 1. The SMILES string of the molecule is CC(C)(C)OC(=O)Nc1ccc(CCCBr)c(Cl)c1. The van der Waals surface area contributed by atoms with Gasteiger partial charge in [0.15, 0.2) is 0 Å². The lowest BCUT2D eigenvalue weighted by Crippen LogP contribution is -2.27. The molecule has 1 aromatic carbocycles. The Bertz CT molecular complexity index is 444. The Morgan fingerprint density at radius 1 is 1.42 bits per heavy atom. The molecule has 0 saturated heterocycles. The van der Waals surface area contributed by atoms with Crippen molar-refractivity contribution in [2.45, 2.75) is 39.2 Å². The first kappa shape index (κ1) is 16.3. The molecular weight excluding hydrogens is 330 g/mol. The van der Waals surface area contributed by atoms with Gasteiger partial charge in [-0.1, -0.05) is 33.6 Å². The Hall–Kier alpha value is -0.740. The number of carbonyl (C=O) groups is 1. The standard InChI is InChI=1S/C14H19BrClNO2/c1-14(2,3)19-13(18)17-11-7-6-10(5-4-8-15)12(16)9-11/h6-7,9H,4-5,8H2,1-3H3,(H,17,18). The zero-order valence-corrected chi connectivity index (χ0v) is 13.8. The average molecular weight is 349 g/mol. The van der Waals surface area contributed by atoms with E-state index in [1.165, 1.54) is 0 Å². The van der Waals surface area contributed by atoms with Crippen molar-refractivity contribution in [1.82, 2.24) is 0 Å². The molecule has 0 radical (unpaired) electrons. The summed E-state index contributed by atoms with van der Waals surface area (Å²) in [5.41, 5.74) is 1.21. The fourth-order valence-corrected chi connectivity index (χ4v) is 2.06. The van der Waals surface area contributed by atoms with Gasteiger partial charge in [-0.3, -0.25) is 5.32 Å². The molecule has 3 nitrogen and oxygen atoms in total. The third kappa shape index (κ3) is 6.30. The normalized spacial score (nSPS) is 11.2. The first-order valence-corrected chi connectivity index (χ1v) is 7.66. The molecule has 0 bridgehead atoms. The molecule has 5 heteroatoms. The van der Waals surface area contributed by atoms with Crippen LogP contribution in [0.1, 0.15) is 32.8 Å². The van der Waals surface area contributed by atoms with Crippen LogP contribution >= 0.6 is 27.5 Å². The van der Waals surface area contributed by atoms with E-state index in [-0.39, 0.29) is 0 Å². The third-order valence-corrected chi connectivity index (χ3v) is 3.19. The van der Waals surface area contributed by atoms with Gasteiger partial charge in [0.1, 0.15) is 5.60 Å². The molecule has 0 aromatic heterocycles. The first-order valence-electron chi connectivity index (χ1n) is 6.16. The molecule has 1 aromatic rings. The highest BCUT2D eigenvalue weighted by atomic mass is 79.9. The molecule has 0 saturated carbocycles. The van der Waals surface area contributed by atoms with E-state index in [1.54, 1.807) is 6.07 Å². The van der Waals surface area contributed by atoms with Crippen molar-refractivity contribution < 1.29 is 9.53 Å². The number of halogens is 2. The van der Waals surface area contributed by atoms with Crippen LogP contribution in [-0.4, -0.2) is 17.0 Å². The van der Waals surface area contributed by atoms with Gasteiger partial charge < -0.3 is 4.74 Å². The van der Waals surface area contributed by atoms with Crippen LogP contribution in [0.2, 0.25) is 5.02 Å². The van der Waals surface area contributed by atoms with Crippen LogP contribution < -0.4 is 5.32 Å². The van der Waals surface area contributed by atoms with Gasteiger partial charge in [-0.2, -0.15) is 0 Å². The molecular formula is C14H19BrClNO2. The lowest BCUT2D eigenvalue weighted by Gasteiger charge is -2.19. The largest absolute Gasteiger partial charge is 0.444 e. The molecule has 0 atom stereocenters. The van der Waals surface area contributed by atoms with Crippen LogP contribution in [0.3, 0.4) is 0 Å². The van der Waals surface area contributed by atoms with Gasteiger partial charge in [0.05, 0.1) is 0 Å². The van der Waals surface area contributed by atoms with E-state index in [0.29, 0.717) is 10.7 Å². The van der Waals surface area contributed by atoms with Gasteiger partial charge >= 0.3 is 6.09 Å². The van der Waals surface area contributed by atoms with E-state index in [9.17, 15) is 4.79 Å². The van der Waals surface area contributed by atoms with Crippen molar-refractivity contribution in [3.63, 3.8) is 0 Å². The van der Waals surface area contributed by atoms with Gasteiger partial charge in [-0.05, 0) is 51.3 Å². The van der Waals surface area contributed by atoms with Crippen LogP contribution in [0.25, 0.3) is 0 Å².